The molecule has 24 heavy (non-hydrogen) atoms. The predicted octanol–water partition coefficient (Wildman–Crippen LogP) is 2.88. The molecule has 0 spiro atoms. The fourth-order valence-electron chi connectivity index (χ4n) is 3.58. The van der Waals surface area contributed by atoms with E-state index in [0.717, 1.165) is 58.5 Å². The van der Waals surface area contributed by atoms with Gasteiger partial charge in [-0.2, -0.15) is 0 Å². The van der Waals surface area contributed by atoms with Gasteiger partial charge in [-0.3, -0.25) is 4.79 Å². The van der Waals surface area contributed by atoms with Crippen molar-refractivity contribution in [3.05, 3.63) is 29.8 Å². The molecule has 3 rings (SSSR count). The van der Waals surface area contributed by atoms with Crippen LogP contribution in [0, 0.1) is 12.8 Å². The number of nitrogens with zero attached hydrogens (tertiary/aromatic N) is 2. The van der Waals surface area contributed by atoms with Crippen LogP contribution in [0.25, 0.3) is 0 Å². The minimum atomic E-state index is 0. The van der Waals surface area contributed by atoms with Crippen LogP contribution in [0.2, 0.25) is 0 Å². The van der Waals surface area contributed by atoms with Crippen LogP contribution in [0.3, 0.4) is 0 Å². The van der Waals surface area contributed by atoms with Crippen molar-refractivity contribution in [3.8, 4) is 0 Å². The van der Waals surface area contributed by atoms with Crippen molar-refractivity contribution in [3.63, 3.8) is 0 Å². The van der Waals surface area contributed by atoms with Gasteiger partial charge in [0.1, 0.15) is 0 Å². The van der Waals surface area contributed by atoms with E-state index in [1.165, 1.54) is 11.3 Å². The van der Waals surface area contributed by atoms with Crippen molar-refractivity contribution in [2.24, 2.45) is 5.92 Å². The van der Waals surface area contributed by atoms with Gasteiger partial charge in [0.2, 0.25) is 5.91 Å². The quantitative estimate of drug-likeness (QED) is 0.884. The number of aryl methyl sites for hydroxylation is 1. The first kappa shape index (κ1) is 21.1. The summed E-state index contributed by atoms with van der Waals surface area (Å²) in [4.78, 5) is 16.9. The number of benzene rings is 1. The van der Waals surface area contributed by atoms with E-state index >= 15 is 0 Å². The molecule has 1 aromatic carbocycles. The molecule has 136 valence electrons. The molecule has 0 aliphatic carbocycles. The van der Waals surface area contributed by atoms with E-state index in [1.54, 1.807) is 0 Å². The molecule has 4 nitrogen and oxygen atoms in total. The maximum Gasteiger partial charge on any atom is 0.222 e. The molecule has 1 aromatic rings. The van der Waals surface area contributed by atoms with Gasteiger partial charge < -0.3 is 15.1 Å². The number of hydrogen-bond acceptors (Lipinski definition) is 3. The van der Waals surface area contributed by atoms with Crippen molar-refractivity contribution in [1.29, 1.82) is 0 Å². The summed E-state index contributed by atoms with van der Waals surface area (Å²) in [6, 6.07) is 8.51. The summed E-state index contributed by atoms with van der Waals surface area (Å²) in [5, 5.41) is 3.37. The third-order valence-corrected chi connectivity index (χ3v) is 5.01. The predicted molar refractivity (Wildman–Crippen MR) is 105 cm³/mol. The summed E-state index contributed by atoms with van der Waals surface area (Å²) >= 11 is 0. The summed E-state index contributed by atoms with van der Waals surface area (Å²) in [5.74, 6) is 0.944. The van der Waals surface area contributed by atoms with E-state index in [1.807, 2.05) is 0 Å². The Labute approximate surface area is 157 Å². The second-order valence-corrected chi connectivity index (χ2v) is 6.55. The highest BCUT2D eigenvalue weighted by Gasteiger charge is 2.24. The summed E-state index contributed by atoms with van der Waals surface area (Å²) in [6.07, 6.45) is 3.04. The van der Waals surface area contributed by atoms with Crippen LogP contribution in [0.1, 0.15) is 24.8 Å². The number of nitrogens with one attached hydrogen (secondary N) is 1. The van der Waals surface area contributed by atoms with Crippen molar-refractivity contribution in [2.45, 2.75) is 26.2 Å². The molecule has 1 N–H and O–H groups in total. The second kappa shape index (κ2) is 10.1. The lowest BCUT2D eigenvalue weighted by Gasteiger charge is -2.37. The smallest absolute Gasteiger partial charge is 0.222 e. The zero-order valence-electron chi connectivity index (χ0n) is 14.4. The molecule has 0 saturated carbocycles. The van der Waals surface area contributed by atoms with Gasteiger partial charge in [0.25, 0.3) is 0 Å². The Balaban J connectivity index is 0.00000144. The molecule has 6 heteroatoms. The number of carbonyl (C=O) groups excluding carboxylic acids is 1. The van der Waals surface area contributed by atoms with Crippen molar-refractivity contribution < 1.29 is 4.79 Å². The average molecular weight is 374 g/mol. The van der Waals surface area contributed by atoms with E-state index in [9.17, 15) is 4.79 Å². The van der Waals surface area contributed by atoms with E-state index in [2.05, 4.69) is 46.3 Å². The second-order valence-electron chi connectivity index (χ2n) is 6.55. The molecular formula is C18H29Cl2N3O. The number of rotatable bonds is 3. The highest BCUT2D eigenvalue weighted by molar-refractivity contribution is 5.85. The molecule has 2 aliphatic rings. The summed E-state index contributed by atoms with van der Waals surface area (Å²) < 4.78 is 0. The molecule has 2 heterocycles. The van der Waals surface area contributed by atoms with Crippen LogP contribution in [0.5, 0.6) is 0 Å². The third-order valence-electron chi connectivity index (χ3n) is 5.01. The van der Waals surface area contributed by atoms with Crippen LogP contribution < -0.4 is 10.2 Å². The molecule has 2 aliphatic heterocycles. The lowest BCUT2D eigenvalue weighted by molar-refractivity contribution is -0.132. The maximum absolute atomic E-state index is 12.5. The number of para-hydroxylation sites is 1. The Morgan fingerprint density at radius 1 is 1.08 bits per heavy atom. The van der Waals surface area contributed by atoms with Crippen molar-refractivity contribution in [2.75, 3.05) is 44.2 Å². The Morgan fingerprint density at radius 2 is 1.71 bits per heavy atom. The van der Waals surface area contributed by atoms with Crippen LogP contribution in [0.15, 0.2) is 24.3 Å². The Kier molecular flexibility index (Phi) is 8.88. The fraction of sp³-hybridized carbons (Fsp3) is 0.611. The van der Waals surface area contributed by atoms with E-state index in [0.29, 0.717) is 11.8 Å². The molecule has 0 aromatic heterocycles. The molecule has 2 fully saturated rings. The van der Waals surface area contributed by atoms with Crippen LogP contribution >= 0.6 is 24.8 Å². The zero-order chi connectivity index (χ0) is 15.4. The van der Waals surface area contributed by atoms with Crippen LogP contribution in [0.4, 0.5) is 5.69 Å². The fourth-order valence-corrected chi connectivity index (χ4v) is 3.58. The van der Waals surface area contributed by atoms with Crippen LogP contribution in [-0.4, -0.2) is 50.1 Å². The van der Waals surface area contributed by atoms with Gasteiger partial charge in [-0.25, -0.2) is 0 Å². The molecular weight excluding hydrogens is 345 g/mol. The standard InChI is InChI=1S/C18H27N3O.2ClH/c1-15-4-2-3-5-17(15)20-10-12-21(13-11-20)18(22)14-16-6-8-19-9-7-16;;/h2-5,16,19H,6-14H2,1H3;2*1H. The Hall–Kier alpha value is -0.970. The third kappa shape index (κ3) is 5.27. The first-order valence-electron chi connectivity index (χ1n) is 8.53. The minimum Gasteiger partial charge on any atom is -0.368 e. The molecule has 0 radical (unpaired) electrons. The Morgan fingerprint density at radius 3 is 2.33 bits per heavy atom. The lowest BCUT2D eigenvalue weighted by Crippen LogP contribution is -2.49. The van der Waals surface area contributed by atoms with Gasteiger partial charge in [0, 0.05) is 38.3 Å². The van der Waals surface area contributed by atoms with Gasteiger partial charge in [-0.15, -0.1) is 24.8 Å². The van der Waals surface area contributed by atoms with Crippen LogP contribution in [-0.2, 0) is 4.79 Å². The number of hydrogen-bond donors (Lipinski definition) is 1. The van der Waals surface area contributed by atoms with E-state index < -0.39 is 0 Å². The first-order valence-corrected chi connectivity index (χ1v) is 8.53. The molecule has 1 amide bonds. The van der Waals surface area contributed by atoms with E-state index in [-0.39, 0.29) is 24.8 Å². The highest BCUT2D eigenvalue weighted by atomic mass is 35.5. The monoisotopic (exact) mass is 373 g/mol. The number of carbonyl (C=O) groups is 1. The molecule has 2 saturated heterocycles. The van der Waals surface area contributed by atoms with Crippen molar-refractivity contribution >= 4 is 36.4 Å². The lowest BCUT2D eigenvalue weighted by atomic mass is 9.94. The average Bonchev–Trinajstić information content (AvgIpc) is 2.56. The largest absolute Gasteiger partial charge is 0.368 e. The first-order chi connectivity index (χ1) is 10.7. The zero-order valence-corrected chi connectivity index (χ0v) is 16.0. The number of anilines is 1. The summed E-state index contributed by atoms with van der Waals surface area (Å²) in [5.41, 5.74) is 2.63. The summed E-state index contributed by atoms with van der Waals surface area (Å²) in [6.45, 7) is 7.91. The summed E-state index contributed by atoms with van der Waals surface area (Å²) in [7, 11) is 0. The van der Waals surface area contributed by atoms with Crippen molar-refractivity contribution in [1.82, 2.24) is 10.2 Å². The number of halogens is 2. The van der Waals surface area contributed by atoms with E-state index in [4.69, 9.17) is 0 Å². The number of piperidine rings is 1. The SMILES string of the molecule is Cc1ccccc1N1CCN(C(=O)CC2CCNCC2)CC1.Cl.Cl. The van der Waals surface area contributed by atoms with Gasteiger partial charge in [0.05, 0.1) is 0 Å². The normalized spacial score (nSPS) is 18.5. The number of piperazine rings is 1. The van der Waals surface area contributed by atoms with Gasteiger partial charge >= 0.3 is 0 Å². The topological polar surface area (TPSA) is 35.6 Å². The Bertz CT molecular complexity index is 513. The minimum absolute atomic E-state index is 0. The van der Waals surface area contributed by atoms with Gasteiger partial charge in [-0.1, -0.05) is 18.2 Å². The van der Waals surface area contributed by atoms with Gasteiger partial charge in [0.15, 0.2) is 0 Å². The highest BCUT2D eigenvalue weighted by Crippen LogP contribution is 2.22. The number of amides is 1. The molecule has 0 atom stereocenters. The molecule has 0 unspecified atom stereocenters. The van der Waals surface area contributed by atoms with Gasteiger partial charge in [-0.05, 0) is 50.4 Å². The molecule has 0 bridgehead atoms. The maximum atomic E-state index is 12.5.